The van der Waals surface area contributed by atoms with Crippen molar-refractivity contribution in [2.24, 2.45) is 17.8 Å². The Morgan fingerprint density at radius 2 is 1.86 bits per heavy atom. The van der Waals surface area contributed by atoms with Crippen LogP contribution >= 0.6 is 0 Å². The second kappa shape index (κ2) is 1.04. The van der Waals surface area contributed by atoms with Gasteiger partial charge in [-0.1, -0.05) is 6.92 Å². The molecule has 7 heavy (non-hydrogen) atoms. The lowest BCUT2D eigenvalue weighted by molar-refractivity contribution is 0.658. The second-order valence-electron chi connectivity index (χ2n) is 3.21. The molecule has 0 aromatic carbocycles. The molecule has 0 saturated heterocycles. The van der Waals surface area contributed by atoms with Gasteiger partial charge in [0.15, 0.2) is 0 Å². The molecule has 0 bridgehead atoms. The van der Waals surface area contributed by atoms with Gasteiger partial charge in [0, 0.05) is 0 Å². The summed E-state index contributed by atoms with van der Waals surface area (Å²) in [6.07, 6.45) is 4.65. The SMILES string of the molecule is C[C@@H]1C[C@H]1C1CC1. The van der Waals surface area contributed by atoms with E-state index in [9.17, 15) is 0 Å². The van der Waals surface area contributed by atoms with Crippen LogP contribution in [0.2, 0.25) is 0 Å². The fourth-order valence-electron chi connectivity index (χ4n) is 1.53. The van der Waals surface area contributed by atoms with E-state index in [1.165, 1.54) is 11.8 Å². The van der Waals surface area contributed by atoms with Gasteiger partial charge in [-0.15, -0.1) is 0 Å². The summed E-state index contributed by atoms with van der Waals surface area (Å²) in [5, 5.41) is 0. The van der Waals surface area contributed by atoms with Crippen molar-refractivity contribution < 1.29 is 0 Å². The van der Waals surface area contributed by atoms with Gasteiger partial charge in [-0.2, -0.15) is 0 Å². The summed E-state index contributed by atoms with van der Waals surface area (Å²) in [5.74, 6) is 3.47. The van der Waals surface area contributed by atoms with Gasteiger partial charge in [0.25, 0.3) is 0 Å². The van der Waals surface area contributed by atoms with E-state index in [4.69, 9.17) is 0 Å². The molecule has 2 aliphatic carbocycles. The molecule has 0 spiro atoms. The van der Waals surface area contributed by atoms with E-state index in [2.05, 4.69) is 6.92 Å². The average Bonchev–Trinajstić information content (AvgIpc) is 2.23. The summed E-state index contributed by atoms with van der Waals surface area (Å²) in [7, 11) is 0. The molecule has 40 valence electrons. The van der Waals surface area contributed by atoms with E-state index in [1.54, 1.807) is 19.3 Å². The van der Waals surface area contributed by atoms with Crippen LogP contribution in [-0.2, 0) is 0 Å². The highest BCUT2D eigenvalue weighted by Crippen LogP contribution is 2.53. The van der Waals surface area contributed by atoms with Crippen molar-refractivity contribution in [1.82, 2.24) is 0 Å². The molecule has 0 radical (unpaired) electrons. The maximum atomic E-state index is 2.38. The van der Waals surface area contributed by atoms with Crippen LogP contribution in [-0.4, -0.2) is 0 Å². The van der Waals surface area contributed by atoms with E-state index < -0.39 is 0 Å². The predicted molar refractivity (Wildman–Crippen MR) is 30.0 cm³/mol. The highest BCUT2D eigenvalue weighted by atomic mass is 14.5. The molecular formula is C7H12. The van der Waals surface area contributed by atoms with E-state index in [0.29, 0.717) is 0 Å². The van der Waals surface area contributed by atoms with Gasteiger partial charge in [-0.05, 0) is 37.0 Å². The third-order valence-electron chi connectivity index (χ3n) is 2.40. The van der Waals surface area contributed by atoms with Crippen LogP contribution in [0.4, 0.5) is 0 Å². The van der Waals surface area contributed by atoms with E-state index in [-0.39, 0.29) is 0 Å². The Morgan fingerprint density at radius 1 is 1.29 bits per heavy atom. The zero-order valence-corrected chi connectivity index (χ0v) is 4.85. The summed E-state index contributed by atoms with van der Waals surface area (Å²) in [6, 6.07) is 0. The first-order valence-electron chi connectivity index (χ1n) is 3.38. The molecule has 2 atom stereocenters. The van der Waals surface area contributed by atoms with Crippen molar-refractivity contribution in [3.05, 3.63) is 0 Å². The topological polar surface area (TPSA) is 0 Å². The van der Waals surface area contributed by atoms with Crippen LogP contribution in [0.3, 0.4) is 0 Å². The van der Waals surface area contributed by atoms with Crippen molar-refractivity contribution >= 4 is 0 Å². The molecule has 2 saturated carbocycles. The zero-order chi connectivity index (χ0) is 4.85. The van der Waals surface area contributed by atoms with Crippen molar-refractivity contribution in [3.63, 3.8) is 0 Å². The van der Waals surface area contributed by atoms with Gasteiger partial charge >= 0.3 is 0 Å². The average molecular weight is 96.2 g/mol. The summed E-state index contributed by atoms with van der Waals surface area (Å²) >= 11 is 0. The number of rotatable bonds is 1. The molecule has 0 unspecified atom stereocenters. The molecule has 0 heteroatoms. The smallest absolute Gasteiger partial charge is 0.0357 e. The van der Waals surface area contributed by atoms with Crippen molar-refractivity contribution in [2.75, 3.05) is 0 Å². The second-order valence-corrected chi connectivity index (χ2v) is 3.21. The maximum absolute atomic E-state index is 2.38. The first-order chi connectivity index (χ1) is 3.38. The third kappa shape index (κ3) is 0.568. The quantitative estimate of drug-likeness (QED) is 0.468. The Morgan fingerprint density at radius 3 is 2.00 bits per heavy atom. The zero-order valence-electron chi connectivity index (χ0n) is 4.85. The molecule has 0 aliphatic heterocycles. The molecule has 0 nitrogen and oxygen atoms in total. The Kier molecular flexibility index (Phi) is 0.586. The van der Waals surface area contributed by atoms with Crippen LogP contribution in [0.15, 0.2) is 0 Å². The minimum atomic E-state index is 1.10. The van der Waals surface area contributed by atoms with Gasteiger partial charge in [0.1, 0.15) is 0 Å². The highest BCUT2D eigenvalue weighted by Gasteiger charge is 2.44. The van der Waals surface area contributed by atoms with Gasteiger partial charge < -0.3 is 0 Å². The minimum Gasteiger partial charge on any atom is -0.0622 e. The number of hydrogen-bond donors (Lipinski definition) is 0. The number of hydrogen-bond acceptors (Lipinski definition) is 0. The highest BCUT2D eigenvalue weighted by molar-refractivity contribution is 4.94. The van der Waals surface area contributed by atoms with Crippen LogP contribution in [0.5, 0.6) is 0 Å². The normalized spacial score (nSPS) is 49.3. The molecule has 2 fully saturated rings. The molecule has 2 rings (SSSR count). The molecule has 0 amide bonds. The van der Waals surface area contributed by atoms with Gasteiger partial charge in [0.2, 0.25) is 0 Å². The summed E-state index contributed by atoms with van der Waals surface area (Å²) in [4.78, 5) is 0. The fourth-order valence-corrected chi connectivity index (χ4v) is 1.53. The van der Waals surface area contributed by atoms with Gasteiger partial charge in [-0.25, -0.2) is 0 Å². The lowest BCUT2D eigenvalue weighted by Crippen LogP contribution is -1.77. The fraction of sp³-hybridized carbons (Fsp3) is 1.00. The lowest BCUT2D eigenvalue weighted by Gasteiger charge is -1.83. The third-order valence-corrected chi connectivity index (χ3v) is 2.40. The molecular weight excluding hydrogens is 84.1 g/mol. The van der Waals surface area contributed by atoms with Crippen molar-refractivity contribution in [1.29, 1.82) is 0 Å². The van der Waals surface area contributed by atoms with Crippen LogP contribution in [0, 0.1) is 17.8 Å². The summed E-state index contributed by atoms with van der Waals surface area (Å²) < 4.78 is 0. The van der Waals surface area contributed by atoms with Crippen LogP contribution in [0.1, 0.15) is 26.2 Å². The molecule has 2 aliphatic rings. The molecule has 0 aromatic rings. The van der Waals surface area contributed by atoms with E-state index >= 15 is 0 Å². The van der Waals surface area contributed by atoms with Crippen LogP contribution in [0.25, 0.3) is 0 Å². The Bertz CT molecular complexity index is 82.0. The minimum absolute atomic E-state index is 1.10. The predicted octanol–water partition coefficient (Wildman–Crippen LogP) is 2.05. The van der Waals surface area contributed by atoms with Crippen molar-refractivity contribution in [2.45, 2.75) is 26.2 Å². The molecule has 0 aromatic heterocycles. The Hall–Kier alpha value is 0. The van der Waals surface area contributed by atoms with Gasteiger partial charge in [0.05, 0.1) is 0 Å². The van der Waals surface area contributed by atoms with Crippen molar-refractivity contribution in [3.8, 4) is 0 Å². The molecule has 0 heterocycles. The Labute approximate surface area is 44.9 Å². The largest absolute Gasteiger partial charge is 0.0622 e. The molecule has 0 N–H and O–H groups in total. The monoisotopic (exact) mass is 96.1 g/mol. The van der Waals surface area contributed by atoms with Gasteiger partial charge in [-0.3, -0.25) is 0 Å². The van der Waals surface area contributed by atoms with Crippen LogP contribution < -0.4 is 0 Å². The first kappa shape index (κ1) is 3.94. The standard InChI is InChI=1S/C7H12/c1-5-4-7(5)6-2-3-6/h5-7H,2-4H2,1H3/t5-,7-/m1/s1. The van der Waals surface area contributed by atoms with E-state index in [1.807, 2.05) is 0 Å². The first-order valence-corrected chi connectivity index (χ1v) is 3.38. The van der Waals surface area contributed by atoms with E-state index in [0.717, 1.165) is 5.92 Å². The summed E-state index contributed by atoms with van der Waals surface area (Å²) in [6.45, 7) is 2.38. The lowest BCUT2D eigenvalue weighted by atomic mass is 10.2. The summed E-state index contributed by atoms with van der Waals surface area (Å²) in [5.41, 5.74) is 0. The maximum Gasteiger partial charge on any atom is -0.0357 e. The Balaban J connectivity index is 1.88.